The molecule has 1 aliphatic rings. The lowest BCUT2D eigenvalue weighted by Gasteiger charge is -2.18. The average Bonchev–Trinajstić information content (AvgIpc) is 2.28. The summed E-state index contributed by atoms with van der Waals surface area (Å²) in [7, 11) is 1.60. The summed E-state index contributed by atoms with van der Waals surface area (Å²) in [6, 6.07) is 5.36. The third-order valence-corrected chi connectivity index (χ3v) is 2.96. The van der Waals surface area contributed by atoms with Crippen molar-refractivity contribution in [3.8, 4) is 5.75 Å². The second kappa shape index (κ2) is 5.15. The molecule has 0 saturated heterocycles. The van der Waals surface area contributed by atoms with E-state index in [1.54, 1.807) is 25.3 Å². The van der Waals surface area contributed by atoms with Crippen molar-refractivity contribution >= 4 is 22.7 Å². The number of rotatable bonds is 4. The van der Waals surface area contributed by atoms with Crippen LogP contribution >= 0.6 is 0 Å². The van der Waals surface area contributed by atoms with Crippen LogP contribution < -0.4 is 15.2 Å². The highest BCUT2D eigenvalue weighted by molar-refractivity contribution is 7.85. The van der Waals surface area contributed by atoms with Crippen molar-refractivity contribution < 1.29 is 13.7 Å². The lowest BCUT2D eigenvalue weighted by atomic mass is 10.1. The Kier molecular flexibility index (Phi) is 3.60. The van der Waals surface area contributed by atoms with Gasteiger partial charge in [0.1, 0.15) is 18.2 Å². The Morgan fingerprint density at radius 1 is 1.47 bits per heavy atom. The summed E-state index contributed by atoms with van der Waals surface area (Å²) >= 11 is -1.51. The van der Waals surface area contributed by atoms with Gasteiger partial charge in [-0.1, -0.05) is 6.07 Å². The molecule has 0 amide bonds. The van der Waals surface area contributed by atoms with Crippen molar-refractivity contribution in [2.75, 3.05) is 25.0 Å². The van der Waals surface area contributed by atoms with Gasteiger partial charge >= 0.3 is 0 Å². The quantitative estimate of drug-likeness (QED) is 0.763. The van der Waals surface area contributed by atoms with Crippen LogP contribution in [-0.2, 0) is 15.9 Å². The van der Waals surface area contributed by atoms with E-state index < -0.39 is 11.2 Å². The van der Waals surface area contributed by atoms with Gasteiger partial charge in [-0.15, -0.1) is 0 Å². The molecule has 3 N–H and O–H groups in total. The van der Waals surface area contributed by atoms with Gasteiger partial charge in [0.2, 0.25) is 11.2 Å². The van der Waals surface area contributed by atoms with Gasteiger partial charge < -0.3 is 15.2 Å². The number of methoxy groups -OCH3 is 1. The zero-order chi connectivity index (χ0) is 12.3. The molecular formula is C10H13N3O3S. The van der Waals surface area contributed by atoms with Gasteiger partial charge in [0, 0.05) is 7.11 Å². The van der Waals surface area contributed by atoms with Gasteiger partial charge in [-0.25, -0.2) is 4.21 Å². The number of nitrogens with one attached hydrogen (secondary N) is 1. The number of ether oxygens (including phenoxy) is 2. The van der Waals surface area contributed by atoms with E-state index in [0.717, 1.165) is 0 Å². The first kappa shape index (κ1) is 11.9. The van der Waals surface area contributed by atoms with E-state index in [2.05, 4.69) is 9.12 Å². The van der Waals surface area contributed by atoms with Crippen LogP contribution in [0.25, 0.3) is 0 Å². The fourth-order valence-corrected chi connectivity index (χ4v) is 2.16. The van der Waals surface area contributed by atoms with Gasteiger partial charge in [0.25, 0.3) is 0 Å². The fraction of sp³-hybridized carbons (Fsp3) is 0.300. The van der Waals surface area contributed by atoms with Gasteiger partial charge in [-0.05, 0) is 12.1 Å². The summed E-state index contributed by atoms with van der Waals surface area (Å²) in [4.78, 5) is 0. The van der Waals surface area contributed by atoms with E-state index in [4.69, 9.17) is 15.2 Å². The molecule has 92 valence electrons. The zero-order valence-corrected chi connectivity index (χ0v) is 10.1. The molecule has 0 aliphatic carbocycles. The summed E-state index contributed by atoms with van der Waals surface area (Å²) in [6.45, 7) is 0.906. The second-order valence-electron chi connectivity index (χ2n) is 3.35. The van der Waals surface area contributed by atoms with Crippen molar-refractivity contribution in [1.82, 2.24) is 0 Å². The highest BCUT2D eigenvalue weighted by atomic mass is 32.2. The molecule has 0 fully saturated rings. The molecular weight excluding hydrogens is 242 g/mol. The Labute approximate surface area is 102 Å². The maximum atomic E-state index is 11.3. The number of benzene rings is 1. The number of anilines is 1. The van der Waals surface area contributed by atoms with Crippen molar-refractivity contribution in [3.63, 3.8) is 0 Å². The smallest absolute Gasteiger partial charge is 0.245 e. The minimum Gasteiger partial charge on any atom is -0.490 e. The molecule has 0 spiro atoms. The van der Waals surface area contributed by atoms with Crippen LogP contribution in [-0.4, -0.2) is 30.4 Å². The summed E-state index contributed by atoms with van der Waals surface area (Å²) in [5.41, 5.74) is 7.05. The predicted molar refractivity (Wildman–Crippen MR) is 66.3 cm³/mol. The van der Waals surface area contributed by atoms with Crippen molar-refractivity contribution in [3.05, 3.63) is 23.8 Å². The molecule has 1 aromatic rings. The monoisotopic (exact) mass is 255 g/mol. The number of hydrogen-bond donors (Lipinski definition) is 2. The van der Waals surface area contributed by atoms with Crippen molar-refractivity contribution in [1.29, 1.82) is 0 Å². The van der Waals surface area contributed by atoms with Crippen LogP contribution in [0.15, 0.2) is 22.6 Å². The largest absolute Gasteiger partial charge is 0.490 e. The lowest BCUT2D eigenvalue weighted by molar-refractivity contribution is 0.146. The number of hydrogen-bond acceptors (Lipinski definition) is 4. The summed E-state index contributed by atoms with van der Waals surface area (Å²) in [6.07, 6.45) is 0. The number of nitrogens with zero attached hydrogens (tertiary/aromatic N) is 1. The minimum atomic E-state index is -1.51. The first-order valence-electron chi connectivity index (χ1n) is 5.00. The standard InChI is InChI=1S/C10H13N3O3S/c1-15-5-6-16-8-4-2-3-7-9(8)10(11)13-17(14)12-7/h2-4,12H,5-6H2,1H3,(H2,11,13). The van der Waals surface area contributed by atoms with E-state index >= 15 is 0 Å². The molecule has 1 aliphatic heterocycles. The Hall–Kier alpha value is -1.60. The third-order valence-electron chi connectivity index (χ3n) is 2.21. The maximum absolute atomic E-state index is 11.3. The normalized spacial score (nSPS) is 17.9. The van der Waals surface area contributed by atoms with Crippen LogP contribution in [0.3, 0.4) is 0 Å². The van der Waals surface area contributed by atoms with E-state index in [9.17, 15) is 4.21 Å². The number of nitrogens with two attached hydrogens (primary N) is 1. The van der Waals surface area contributed by atoms with Crippen LogP contribution in [0.4, 0.5) is 5.69 Å². The Morgan fingerprint density at radius 3 is 3.06 bits per heavy atom. The summed E-state index contributed by atoms with van der Waals surface area (Å²) < 4.78 is 28.2. The molecule has 1 unspecified atom stereocenters. The Balaban J connectivity index is 2.28. The van der Waals surface area contributed by atoms with Gasteiger partial charge in [0.05, 0.1) is 17.9 Å². The van der Waals surface area contributed by atoms with E-state index in [1.165, 1.54) is 0 Å². The molecule has 0 radical (unpaired) electrons. The molecule has 7 heteroatoms. The van der Waals surface area contributed by atoms with E-state index in [0.29, 0.717) is 30.2 Å². The van der Waals surface area contributed by atoms with Crippen LogP contribution in [0.2, 0.25) is 0 Å². The van der Waals surface area contributed by atoms with Gasteiger partial charge in [-0.2, -0.15) is 4.40 Å². The molecule has 17 heavy (non-hydrogen) atoms. The highest BCUT2D eigenvalue weighted by Crippen LogP contribution is 2.29. The van der Waals surface area contributed by atoms with E-state index in [1.807, 2.05) is 0 Å². The second-order valence-corrected chi connectivity index (χ2v) is 4.23. The molecule has 1 heterocycles. The molecule has 0 aromatic heterocycles. The molecule has 1 aromatic carbocycles. The zero-order valence-electron chi connectivity index (χ0n) is 9.30. The lowest BCUT2D eigenvalue weighted by Crippen LogP contribution is -2.24. The maximum Gasteiger partial charge on any atom is 0.245 e. The highest BCUT2D eigenvalue weighted by Gasteiger charge is 2.19. The topological polar surface area (TPSA) is 85.9 Å². The first-order valence-corrected chi connectivity index (χ1v) is 6.11. The number of amidine groups is 1. The molecule has 0 saturated carbocycles. The summed E-state index contributed by atoms with van der Waals surface area (Å²) in [5.74, 6) is 0.815. The van der Waals surface area contributed by atoms with Crippen molar-refractivity contribution in [2.45, 2.75) is 0 Å². The van der Waals surface area contributed by atoms with E-state index in [-0.39, 0.29) is 5.84 Å². The third kappa shape index (κ3) is 2.56. The van der Waals surface area contributed by atoms with Gasteiger partial charge in [0.15, 0.2) is 0 Å². The predicted octanol–water partition coefficient (Wildman–Crippen LogP) is 0.421. The Morgan fingerprint density at radius 2 is 2.29 bits per heavy atom. The SMILES string of the molecule is COCCOc1cccc2c1C(N)=NS(=O)N2. The molecule has 0 bridgehead atoms. The minimum absolute atomic E-state index is 0.213. The molecule has 1 atom stereocenters. The Bertz CT molecular complexity index is 476. The van der Waals surface area contributed by atoms with Crippen LogP contribution in [0.1, 0.15) is 5.56 Å². The average molecular weight is 255 g/mol. The first-order chi connectivity index (χ1) is 8.22. The van der Waals surface area contributed by atoms with Crippen LogP contribution in [0.5, 0.6) is 5.75 Å². The number of fused-ring (bicyclic) bond motifs is 1. The fourth-order valence-electron chi connectivity index (χ4n) is 1.49. The molecule has 6 nitrogen and oxygen atoms in total. The summed E-state index contributed by atoms with van der Waals surface area (Å²) in [5, 5.41) is 0. The van der Waals surface area contributed by atoms with Gasteiger partial charge in [-0.3, -0.25) is 4.72 Å². The van der Waals surface area contributed by atoms with Crippen molar-refractivity contribution in [2.24, 2.45) is 10.1 Å². The molecule has 2 rings (SSSR count). The van der Waals surface area contributed by atoms with Crippen LogP contribution in [0, 0.1) is 0 Å².